The van der Waals surface area contributed by atoms with Crippen LogP contribution in [0, 0.1) is 13.8 Å². The summed E-state index contributed by atoms with van der Waals surface area (Å²) in [7, 11) is 1.59. The smallest absolute Gasteiger partial charge is 0.321 e. The van der Waals surface area contributed by atoms with Crippen LogP contribution in [0.4, 0.5) is 10.5 Å². The van der Waals surface area contributed by atoms with Crippen molar-refractivity contribution in [2.45, 2.75) is 13.8 Å². The normalized spacial score (nSPS) is 10.1. The summed E-state index contributed by atoms with van der Waals surface area (Å²) in [6.45, 7) is 3.88. The Morgan fingerprint density at radius 2 is 1.70 bits per heavy atom. The van der Waals surface area contributed by atoms with Crippen molar-refractivity contribution in [3.63, 3.8) is 0 Å². The molecule has 23 heavy (non-hydrogen) atoms. The molecular weight excluding hydrogens is 316 g/mol. The van der Waals surface area contributed by atoms with Crippen molar-refractivity contribution >= 4 is 23.3 Å². The predicted octanol–water partition coefficient (Wildman–Crippen LogP) is 4.12. The fourth-order valence-corrected chi connectivity index (χ4v) is 2.13. The summed E-state index contributed by atoms with van der Waals surface area (Å²) in [4.78, 5) is 11.8. The molecule has 0 bridgehead atoms. The van der Waals surface area contributed by atoms with Gasteiger partial charge in [-0.25, -0.2) is 4.79 Å². The van der Waals surface area contributed by atoms with E-state index in [0.29, 0.717) is 11.4 Å². The molecule has 2 aromatic carbocycles. The molecule has 0 aliphatic carbocycles. The zero-order valence-electron chi connectivity index (χ0n) is 13.3. The number of urea groups is 1. The van der Waals surface area contributed by atoms with Crippen LogP contribution in [0.3, 0.4) is 0 Å². The van der Waals surface area contributed by atoms with Crippen LogP contribution in [0.15, 0.2) is 36.4 Å². The highest BCUT2D eigenvalue weighted by atomic mass is 35.5. The maximum atomic E-state index is 11.8. The Labute approximate surface area is 140 Å². The number of methoxy groups -OCH3 is 1. The second-order valence-corrected chi connectivity index (χ2v) is 5.40. The van der Waals surface area contributed by atoms with Gasteiger partial charge in [-0.3, -0.25) is 0 Å². The molecule has 0 unspecified atom stereocenters. The number of amides is 2. The molecule has 0 saturated heterocycles. The zero-order chi connectivity index (χ0) is 16.8. The Balaban J connectivity index is 1.82. The van der Waals surface area contributed by atoms with Crippen LogP contribution in [-0.2, 0) is 0 Å². The van der Waals surface area contributed by atoms with Gasteiger partial charge in [-0.2, -0.15) is 0 Å². The third-order valence-electron chi connectivity index (χ3n) is 3.23. The van der Waals surface area contributed by atoms with Gasteiger partial charge in [0.15, 0.2) is 6.73 Å². The summed E-state index contributed by atoms with van der Waals surface area (Å²) in [5, 5.41) is 6.05. The summed E-state index contributed by atoms with van der Waals surface area (Å²) < 4.78 is 10.6. The van der Waals surface area contributed by atoms with Crippen LogP contribution in [0.5, 0.6) is 11.5 Å². The lowest BCUT2D eigenvalue weighted by Gasteiger charge is -2.11. The number of ether oxygens (including phenoxy) is 2. The summed E-state index contributed by atoms with van der Waals surface area (Å²) in [5.74, 6) is 1.39. The lowest BCUT2D eigenvalue weighted by atomic mass is 10.1. The minimum Gasteiger partial charge on any atom is -0.497 e. The number of aryl methyl sites for hydroxylation is 2. The lowest BCUT2D eigenvalue weighted by molar-refractivity contribution is 0.234. The number of rotatable bonds is 5. The van der Waals surface area contributed by atoms with Crippen LogP contribution in [0.1, 0.15) is 11.1 Å². The van der Waals surface area contributed by atoms with Crippen LogP contribution in [-0.4, -0.2) is 19.9 Å². The third kappa shape index (κ3) is 4.79. The molecule has 0 spiro atoms. The molecule has 6 heteroatoms. The number of carbonyl (C=O) groups is 1. The molecule has 2 aromatic rings. The van der Waals surface area contributed by atoms with Gasteiger partial charge >= 0.3 is 6.03 Å². The first-order chi connectivity index (χ1) is 11.0. The second kappa shape index (κ2) is 7.74. The highest BCUT2D eigenvalue weighted by Gasteiger charge is 2.05. The molecule has 0 heterocycles. The number of anilines is 1. The third-order valence-corrected chi connectivity index (χ3v) is 3.83. The van der Waals surface area contributed by atoms with Crippen molar-refractivity contribution in [2.24, 2.45) is 0 Å². The fraction of sp³-hybridized carbons (Fsp3) is 0.235. The van der Waals surface area contributed by atoms with Crippen molar-refractivity contribution < 1.29 is 14.3 Å². The van der Waals surface area contributed by atoms with E-state index in [-0.39, 0.29) is 12.8 Å². The molecule has 0 aliphatic rings. The minimum absolute atomic E-state index is 0.0580. The average Bonchev–Trinajstić information content (AvgIpc) is 2.53. The van der Waals surface area contributed by atoms with Gasteiger partial charge in [0.2, 0.25) is 0 Å². The summed E-state index contributed by atoms with van der Waals surface area (Å²) in [5.41, 5.74) is 2.54. The van der Waals surface area contributed by atoms with E-state index in [1.54, 1.807) is 31.4 Å². The minimum atomic E-state index is -0.349. The monoisotopic (exact) mass is 334 g/mol. The molecule has 0 atom stereocenters. The maximum Gasteiger partial charge on any atom is 0.321 e. The van der Waals surface area contributed by atoms with E-state index in [9.17, 15) is 4.79 Å². The van der Waals surface area contributed by atoms with Gasteiger partial charge in [0.05, 0.1) is 7.11 Å². The number of carbonyl (C=O) groups excluding carboxylic acids is 1. The number of nitrogens with one attached hydrogen (secondary N) is 2. The second-order valence-electron chi connectivity index (χ2n) is 5.02. The van der Waals surface area contributed by atoms with Crippen molar-refractivity contribution in [3.8, 4) is 11.5 Å². The van der Waals surface area contributed by atoms with Gasteiger partial charge in [-0.05, 0) is 61.4 Å². The van der Waals surface area contributed by atoms with E-state index >= 15 is 0 Å². The molecule has 0 aromatic heterocycles. The molecule has 5 nitrogen and oxygen atoms in total. The Hall–Kier alpha value is -2.40. The first-order valence-corrected chi connectivity index (χ1v) is 7.46. The molecular formula is C17H19ClN2O3. The van der Waals surface area contributed by atoms with Crippen molar-refractivity contribution in [3.05, 3.63) is 52.5 Å². The van der Waals surface area contributed by atoms with Crippen molar-refractivity contribution in [1.29, 1.82) is 0 Å². The van der Waals surface area contributed by atoms with Gasteiger partial charge in [-0.15, -0.1) is 0 Å². The van der Waals surface area contributed by atoms with E-state index in [2.05, 4.69) is 10.6 Å². The molecule has 0 aliphatic heterocycles. The first kappa shape index (κ1) is 17.0. The fourth-order valence-electron chi connectivity index (χ4n) is 2.02. The number of hydrogen-bond donors (Lipinski definition) is 2. The van der Waals surface area contributed by atoms with E-state index in [1.807, 2.05) is 26.0 Å². The molecule has 2 rings (SSSR count). The van der Waals surface area contributed by atoms with E-state index in [1.165, 1.54) is 0 Å². The standard InChI is InChI=1S/C17H19ClN2O3/c1-11-8-15(9-12(2)16(11)18)23-10-19-17(21)20-13-4-6-14(22-3)7-5-13/h4-9H,10H2,1-3H3,(H2,19,20,21). The van der Waals surface area contributed by atoms with E-state index in [4.69, 9.17) is 21.1 Å². The van der Waals surface area contributed by atoms with Crippen LogP contribution in [0.25, 0.3) is 0 Å². The van der Waals surface area contributed by atoms with Crippen LogP contribution < -0.4 is 20.1 Å². The van der Waals surface area contributed by atoms with Crippen LogP contribution >= 0.6 is 11.6 Å². The van der Waals surface area contributed by atoms with E-state index < -0.39 is 0 Å². The Kier molecular flexibility index (Phi) is 5.71. The number of halogens is 1. The molecule has 122 valence electrons. The van der Waals surface area contributed by atoms with E-state index in [0.717, 1.165) is 21.9 Å². The number of hydrogen-bond acceptors (Lipinski definition) is 3. The molecule has 2 N–H and O–H groups in total. The lowest BCUT2D eigenvalue weighted by Crippen LogP contribution is -2.32. The van der Waals surface area contributed by atoms with Gasteiger partial charge < -0.3 is 20.1 Å². The van der Waals surface area contributed by atoms with Gasteiger partial charge in [0.25, 0.3) is 0 Å². The number of benzene rings is 2. The quantitative estimate of drug-likeness (QED) is 0.808. The predicted molar refractivity (Wildman–Crippen MR) is 91.6 cm³/mol. The molecule has 2 amide bonds. The highest BCUT2D eigenvalue weighted by Crippen LogP contribution is 2.25. The average molecular weight is 335 g/mol. The Bertz CT molecular complexity index is 664. The topological polar surface area (TPSA) is 59.6 Å². The Morgan fingerprint density at radius 3 is 2.26 bits per heavy atom. The SMILES string of the molecule is COc1ccc(NC(=O)NCOc2cc(C)c(Cl)c(C)c2)cc1. The first-order valence-electron chi connectivity index (χ1n) is 7.08. The summed E-state index contributed by atoms with van der Waals surface area (Å²) in [6.07, 6.45) is 0. The largest absolute Gasteiger partial charge is 0.497 e. The Morgan fingerprint density at radius 1 is 1.09 bits per heavy atom. The van der Waals surface area contributed by atoms with Gasteiger partial charge in [0, 0.05) is 10.7 Å². The van der Waals surface area contributed by atoms with Crippen molar-refractivity contribution in [1.82, 2.24) is 5.32 Å². The highest BCUT2D eigenvalue weighted by molar-refractivity contribution is 6.32. The van der Waals surface area contributed by atoms with Crippen molar-refractivity contribution in [2.75, 3.05) is 19.2 Å². The van der Waals surface area contributed by atoms with Gasteiger partial charge in [-0.1, -0.05) is 11.6 Å². The maximum absolute atomic E-state index is 11.8. The molecule has 0 radical (unpaired) electrons. The molecule has 0 fully saturated rings. The molecule has 0 saturated carbocycles. The van der Waals surface area contributed by atoms with Crippen LogP contribution in [0.2, 0.25) is 5.02 Å². The van der Waals surface area contributed by atoms with Gasteiger partial charge in [0.1, 0.15) is 11.5 Å². The summed E-state index contributed by atoms with van der Waals surface area (Å²) in [6, 6.07) is 10.4. The zero-order valence-corrected chi connectivity index (χ0v) is 14.0. The summed E-state index contributed by atoms with van der Waals surface area (Å²) >= 11 is 6.10.